The number of fused-ring (bicyclic) bond motifs is 1. The third kappa shape index (κ3) is 1.86. The molecule has 1 aromatic heterocycles. The number of nitrogens with zero attached hydrogens (tertiary/aromatic N) is 1. The Hall–Kier alpha value is -1.26. The number of hydrogen-bond acceptors (Lipinski definition) is 2. The summed E-state index contributed by atoms with van der Waals surface area (Å²) in [4.78, 5) is 0.145. The predicted molar refractivity (Wildman–Crippen MR) is 65.2 cm³/mol. The molecule has 2 aromatic rings. The summed E-state index contributed by atoms with van der Waals surface area (Å²) in [6.07, 6.45) is 3.24. The van der Waals surface area contributed by atoms with Gasteiger partial charge in [-0.15, -0.1) is 6.58 Å². The van der Waals surface area contributed by atoms with Gasteiger partial charge in [0.05, 0.1) is 0 Å². The first-order valence-electron chi connectivity index (χ1n) is 4.67. The molecule has 0 bridgehead atoms. The van der Waals surface area contributed by atoms with Gasteiger partial charge in [-0.3, -0.25) is 0 Å². The average molecular weight is 256 g/mol. The lowest BCUT2D eigenvalue weighted by molar-refractivity contribution is 0.610. The second-order valence-corrected chi connectivity index (χ2v) is 5.92. The number of halogens is 1. The summed E-state index contributed by atoms with van der Waals surface area (Å²) in [5.41, 5.74) is 0.835. The Morgan fingerprint density at radius 2 is 2.06 bits per heavy atom. The van der Waals surface area contributed by atoms with Crippen LogP contribution in [-0.2, 0) is 15.6 Å². The highest BCUT2D eigenvalue weighted by Crippen LogP contribution is 2.27. The smallest absolute Gasteiger partial charge is 0.263 e. The molecule has 0 unspecified atom stereocenters. The van der Waals surface area contributed by atoms with Crippen molar-refractivity contribution >= 4 is 30.6 Å². The lowest BCUT2D eigenvalue weighted by atomic mass is 10.2. The van der Waals surface area contributed by atoms with Crippen LogP contribution in [0.4, 0.5) is 0 Å². The highest BCUT2D eigenvalue weighted by molar-refractivity contribution is 8.14. The SMILES string of the molecule is C=CCn1cc(S(=O)(=O)Cl)c2ccccc21. The molecule has 0 saturated heterocycles. The fourth-order valence-electron chi connectivity index (χ4n) is 1.70. The molecule has 0 aliphatic rings. The van der Waals surface area contributed by atoms with Crippen molar-refractivity contribution in [3.8, 4) is 0 Å². The van der Waals surface area contributed by atoms with Gasteiger partial charge in [0.1, 0.15) is 4.90 Å². The van der Waals surface area contributed by atoms with Crippen molar-refractivity contribution in [2.45, 2.75) is 11.4 Å². The zero-order valence-electron chi connectivity index (χ0n) is 8.43. The Morgan fingerprint density at radius 1 is 1.38 bits per heavy atom. The molecule has 0 saturated carbocycles. The molecule has 0 aliphatic heterocycles. The molecular weight excluding hydrogens is 246 g/mol. The van der Waals surface area contributed by atoms with Gasteiger partial charge in [0.2, 0.25) is 0 Å². The molecule has 2 rings (SSSR count). The minimum absolute atomic E-state index is 0.145. The molecule has 5 heteroatoms. The summed E-state index contributed by atoms with van der Waals surface area (Å²) in [6, 6.07) is 7.23. The van der Waals surface area contributed by atoms with Crippen molar-refractivity contribution in [2.24, 2.45) is 0 Å². The molecule has 0 atom stereocenters. The van der Waals surface area contributed by atoms with Gasteiger partial charge in [0, 0.05) is 34.3 Å². The number of para-hydroxylation sites is 1. The normalized spacial score (nSPS) is 11.8. The fourth-order valence-corrected chi connectivity index (χ4v) is 2.75. The largest absolute Gasteiger partial charge is 0.342 e. The fraction of sp³-hybridized carbons (Fsp3) is 0.0909. The van der Waals surface area contributed by atoms with E-state index in [1.54, 1.807) is 22.8 Å². The molecule has 3 nitrogen and oxygen atoms in total. The quantitative estimate of drug-likeness (QED) is 0.625. The second-order valence-electron chi connectivity index (χ2n) is 3.39. The number of allylic oxidation sites excluding steroid dienone is 1. The minimum Gasteiger partial charge on any atom is -0.342 e. The van der Waals surface area contributed by atoms with Crippen LogP contribution in [0.1, 0.15) is 0 Å². The highest BCUT2D eigenvalue weighted by Gasteiger charge is 2.17. The van der Waals surface area contributed by atoms with Gasteiger partial charge in [0.25, 0.3) is 9.05 Å². The van der Waals surface area contributed by atoms with Crippen LogP contribution in [0.25, 0.3) is 10.9 Å². The van der Waals surface area contributed by atoms with Crippen molar-refractivity contribution in [1.82, 2.24) is 4.57 Å². The standard InChI is InChI=1S/C11H10ClNO2S/c1-2-7-13-8-11(16(12,14)15)9-5-3-4-6-10(9)13/h2-6,8H,1,7H2. The summed E-state index contributed by atoms with van der Waals surface area (Å²) >= 11 is 0. The second kappa shape index (κ2) is 3.96. The van der Waals surface area contributed by atoms with Crippen molar-refractivity contribution in [3.05, 3.63) is 43.1 Å². The monoisotopic (exact) mass is 255 g/mol. The van der Waals surface area contributed by atoms with E-state index in [2.05, 4.69) is 6.58 Å². The Morgan fingerprint density at radius 3 is 2.69 bits per heavy atom. The first kappa shape index (κ1) is 11.2. The van der Waals surface area contributed by atoms with Crippen LogP contribution >= 0.6 is 10.7 Å². The zero-order valence-corrected chi connectivity index (χ0v) is 10.0. The summed E-state index contributed by atoms with van der Waals surface area (Å²) in [5, 5.41) is 0.638. The molecule has 1 heterocycles. The minimum atomic E-state index is -3.71. The molecule has 1 aromatic carbocycles. The van der Waals surface area contributed by atoms with Gasteiger partial charge < -0.3 is 4.57 Å². The van der Waals surface area contributed by atoms with E-state index in [-0.39, 0.29) is 4.90 Å². The lowest BCUT2D eigenvalue weighted by Gasteiger charge is -1.98. The van der Waals surface area contributed by atoms with E-state index >= 15 is 0 Å². The molecule has 0 amide bonds. The van der Waals surface area contributed by atoms with E-state index in [1.807, 2.05) is 12.1 Å². The molecule has 0 fully saturated rings. The third-order valence-electron chi connectivity index (χ3n) is 2.34. The molecule has 16 heavy (non-hydrogen) atoms. The van der Waals surface area contributed by atoms with Crippen molar-refractivity contribution in [2.75, 3.05) is 0 Å². The number of hydrogen-bond donors (Lipinski definition) is 0. The Labute approximate surface area is 98.4 Å². The number of benzene rings is 1. The van der Waals surface area contributed by atoms with Gasteiger partial charge in [0.15, 0.2) is 0 Å². The molecule has 0 spiro atoms. The van der Waals surface area contributed by atoms with Crippen LogP contribution < -0.4 is 0 Å². The van der Waals surface area contributed by atoms with Crippen LogP contribution in [-0.4, -0.2) is 13.0 Å². The maximum absolute atomic E-state index is 11.4. The third-order valence-corrected chi connectivity index (χ3v) is 3.69. The van der Waals surface area contributed by atoms with Crippen LogP contribution in [0.2, 0.25) is 0 Å². The van der Waals surface area contributed by atoms with Gasteiger partial charge in [-0.05, 0) is 6.07 Å². The first-order valence-corrected chi connectivity index (χ1v) is 6.98. The van der Waals surface area contributed by atoms with Gasteiger partial charge >= 0.3 is 0 Å². The average Bonchev–Trinajstić information content (AvgIpc) is 2.58. The molecule has 0 aliphatic carbocycles. The molecular formula is C11H10ClNO2S. The highest BCUT2D eigenvalue weighted by atomic mass is 35.7. The van der Waals surface area contributed by atoms with Crippen LogP contribution in [0.5, 0.6) is 0 Å². The number of rotatable bonds is 3. The first-order chi connectivity index (χ1) is 7.54. The van der Waals surface area contributed by atoms with E-state index in [9.17, 15) is 8.42 Å². The molecule has 0 radical (unpaired) electrons. The zero-order chi connectivity index (χ0) is 11.8. The molecule has 84 valence electrons. The summed E-state index contributed by atoms with van der Waals surface area (Å²) in [5.74, 6) is 0. The van der Waals surface area contributed by atoms with Crippen LogP contribution in [0.3, 0.4) is 0 Å². The summed E-state index contributed by atoms with van der Waals surface area (Å²) in [7, 11) is 1.67. The Balaban J connectivity index is 2.82. The van der Waals surface area contributed by atoms with Crippen LogP contribution in [0.15, 0.2) is 48.0 Å². The maximum Gasteiger partial charge on any atom is 0.263 e. The number of aromatic nitrogens is 1. The molecule has 0 N–H and O–H groups in total. The summed E-state index contributed by atoms with van der Waals surface area (Å²) in [6.45, 7) is 4.18. The van der Waals surface area contributed by atoms with Crippen molar-refractivity contribution in [3.63, 3.8) is 0 Å². The van der Waals surface area contributed by atoms with E-state index < -0.39 is 9.05 Å². The topological polar surface area (TPSA) is 39.1 Å². The Bertz CT molecular complexity index is 643. The summed E-state index contributed by atoms with van der Waals surface area (Å²) < 4.78 is 24.6. The van der Waals surface area contributed by atoms with Crippen molar-refractivity contribution in [1.29, 1.82) is 0 Å². The Kier molecular flexibility index (Phi) is 2.78. The van der Waals surface area contributed by atoms with Crippen molar-refractivity contribution < 1.29 is 8.42 Å². The predicted octanol–water partition coefficient (Wildman–Crippen LogP) is 2.75. The van der Waals surface area contributed by atoms with Gasteiger partial charge in [-0.2, -0.15) is 0 Å². The lowest BCUT2D eigenvalue weighted by Crippen LogP contribution is -1.92. The van der Waals surface area contributed by atoms with E-state index in [4.69, 9.17) is 10.7 Å². The van der Waals surface area contributed by atoms with Gasteiger partial charge in [-0.1, -0.05) is 24.3 Å². The van der Waals surface area contributed by atoms with Crippen LogP contribution in [0, 0.1) is 0 Å². The van der Waals surface area contributed by atoms with Gasteiger partial charge in [-0.25, -0.2) is 8.42 Å². The van der Waals surface area contributed by atoms with E-state index in [1.165, 1.54) is 6.20 Å². The van der Waals surface area contributed by atoms with E-state index in [0.717, 1.165) is 5.52 Å². The van der Waals surface area contributed by atoms with E-state index in [0.29, 0.717) is 11.9 Å². The maximum atomic E-state index is 11.4.